The third kappa shape index (κ3) is 5.67. The predicted octanol–water partition coefficient (Wildman–Crippen LogP) is 4.46. The van der Waals surface area contributed by atoms with Gasteiger partial charge in [-0.15, -0.1) is 0 Å². The number of halogens is 1. The minimum Gasteiger partial charge on any atom is -0.347 e. The molecule has 0 fully saturated rings. The third-order valence-electron chi connectivity index (χ3n) is 5.68. The van der Waals surface area contributed by atoms with E-state index in [1.165, 1.54) is 12.3 Å². The topological polar surface area (TPSA) is 134 Å². The SMILES string of the molecule is Cc1cc(Nc2c[nH]c(C)n2)nc(-c2ccc(C(=O)NCc3ccc(-c4cc(F)cnc4C)nc3)nc2)n1. The molecule has 0 bridgehead atoms. The van der Waals surface area contributed by atoms with E-state index < -0.39 is 5.82 Å². The molecule has 1 amide bonds. The van der Waals surface area contributed by atoms with Gasteiger partial charge in [0.15, 0.2) is 5.82 Å². The van der Waals surface area contributed by atoms with E-state index in [0.717, 1.165) is 17.1 Å². The summed E-state index contributed by atoms with van der Waals surface area (Å²) in [6.07, 6.45) is 6.14. The zero-order valence-corrected chi connectivity index (χ0v) is 21.0. The van der Waals surface area contributed by atoms with Crippen molar-refractivity contribution in [2.24, 2.45) is 0 Å². The molecular weight excluding hydrogens is 485 g/mol. The van der Waals surface area contributed by atoms with Crippen LogP contribution in [0.1, 0.15) is 33.3 Å². The molecule has 0 aliphatic heterocycles. The van der Waals surface area contributed by atoms with Crippen LogP contribution in [-0.4, -0.2) is 40.8 Å². The Labute approximate surface area is 217 Å². The van der Waals surface area contributed by atoms with Crippen molar-refractivity contribution in [2.75, 3.05) is 5.32 Å². The van der Waals surface area contributed by atoms with Crippen LogP contribution in [0.3, 0.4) is 0 Å². The lowest BCUT2D eigenvalue weighted by Gasteiger charge is -2.09. The number of aromatic nitrogens is 7. The number of hydrogen-bond donors (Lipinski definition) is 3. The number of H-pyrrole nitrogens is 1. The maximum Gasteiger partial charge on any atom is 0.270 e. The molecule has 0 saturated carbocycles. The fourth-order valence-electron chi connectivity index (χ4n) is 3.76. The summed E-state index contributed by atoms with van der Waals surface area (Å²) in [6, 6.07) is 10.2. The lowest BCUT2D eigenvalue weighted by atomic mass is 10.1. The maximum absolute atomic E-state index is 13.6. The third-order valence-corrected chi connectivity index (χ3v) is 5.68. The van der Waals surface area contributed by atoms with Gasteiger partial charge in [0.2, 0.25) is 0 Å². The number of rotatable bonds is 7. The molecule has 38 heavy (non-hydrogen) atoms. The van der Waals surface area contributed by atoms with E-state index in [1.54, 1.807) is 43.7 Å². The highest BCUT2D eigenvalue weighted by Gasteiger charge is 2.12. The Morgan fingerprint density at radius 2 is 1.79 bits per heavy atom. The summed E-state index contributed by atoms with van der Waals surface area (Å²) in [7, 11) is 0. The first kappa shape index (κ1) is 24.6. The Morgan fingerprint density at radius 1 is 0.921 bits per heavy atom. The lowest BCUT2D eigenvalue weighted by Crippen LogP contribution is -2.23. The van der Waals surface area contributed by atoms with Gasteiger partial charge in [-0.25, -0.2) is 19.3 Å². The van der Waals surface area contributed by atoms with Gasteiger partial charge in [0, 0.05) is 53.7 Å². The van der Waals surface area contributed by atoms with Crippen molar-refractivity contribution in [2.45, 2.75) is 27.3 Å². The second-order valence-electron chi connectivity index (χ2n) is 8.67. The average molecular weight is 510 g/mol. The summed E-state index contributed by atoms with van der Waals surface area (Å²) in [5.74, 6) is 1.78. The molecule has 5 aromatic heterocycles. The van der Waals surface area contributed by atoms with Crippen molar-refractivity contribution < 1.29 is 9.18 Å². The Hall–Kier alpha value is -5.06. The van der Waals surface area contributed by atoms with Crippen LogP contribution < -0.4 is 10.6 Å². The standard InChI is InChI=1S/C27H24FN9O/c1-15-8-24(36-25-14-30-17(3)35-25)37-26(34-15)19-5-7-23(32-12-19)27(38)33-11-18-4-6-22(31-10-18)21-9-20(28)13-29-16(21)2/h4-10,12-14H,11H2,1-3H3,(H,30,35)(H,33,38)(H,34,36,37). The van der Waals surface area contributed by atoms with Gasteiger partial charge in [0.25, 0.3) is 5.91 Å². The molecule has 0 aromatic carbocycles. The van der Waals surface area contributed by atoms with Crippen molar-refractivity contribution in [3.8, 4) is 22.6 Å². The van der Waals surface area contributed by atoms with Crippen LogP contribution in [0.2, 0.25) is 0 Å². The van der Waals surface area contributed by atoms with E-state index in [0.29, 0.717) is 40.0 Å². The van der Waals surface area contributed by atoms with Gasteiger partial charge >= 0.3 is 0 Å². The molecule has 5 heterocycles. The minimum absolute atomic E-state index is 0.262. The number of imidazole rings is 1. The first-order valence-electron chi connectivity index (χ1n) is 11.8. The molecule has 0 radical (unpaired) electrons. The number of anilines is 2. The second-order valence-corrected chi connectivity index (χ2v) is 8.67. The normalized spacial score (nSPS) is 10.8. The number of carbonyl (C=O) groups is 1. The number of aryl methyl sites for hydroxylation is 3. The first-order valence-corrected chi connectivity index (χ1v) is 11.8. The maximum atomic E-state index is 13.6. The number of aromatic amines is 1. The molecule has 0 spiro atoms. The molecule has 0 aliphatic carbocycles. The van der Waals surface area contributed by atoms with Gasteiger partial charge in [-0.3, -0.25) is 19.7 Å². The van der Waals surface area contributed by atoms with E-state index in [4.69, 9.17) is 0 Å². The van der Waals surface area contributed by atoms with Gasteiger partial charge in [-0.1, -0.05) is 6.07 Å². The number of pyridine rings is 3. The summed E-state index contributed by atoms with van der Waals surface area (Å²) in [6.45, 7) is 5.80. The molecule has 3 N–H and O–H groups in total. The molecular formula is C27H24FN9O. The van der Waals surface area contributed by atoms with Crippen molar-refractivity contribution in [1.29, 1.82) is 0 Å². The van der Waals surface area contributed by atoms with Crippen molar-refractivity contribution >= 4 is 17.5 Å². The number of nitrogens with one attached hydrogen (secondary N) is 3. The molecule has 0 atom stereocenters. The van der Waals surface area contributed by atoms with Crippen LogP contribution >= 0.6 is 0 Å². The highest BCUT2D eigenvalue weighted by atomic mass is 19.1. The van der Waals surface area contributed by atoms with E-state index >= 15 is 0 Å². The quantitative estimate of drug-likeness (QED) is 0.293. The van der Waals surface area contributed by atoms with Crippen LogP contribution in [0.4, 0.5) is 16.0 Å². The summed E-state index contributed by atoms with van der Waals surface area (Å²) < 4.78 is 13.6. The zero-order valence-electron chi connectivity index (χ0n) is 21.0. The van der Waals surface area contributed by atoms with Crippen LogP contribution in [0.25, 0.3) is 22.6 Å². The Kier molecular flexibility index (Phi) is 6.81. The van der Waals surface area contributed by atoms with E-state index in [9.17, 15) is 9.18 Å². The van der Waals surface area contributed by atoms with Crippen molar-refractivity contribution in [1.82, 2.24) is 40.2 Å². The summed E-state index contributed by atoms with van der Waals surface area (Å²) >= 11 is 0. The van der Waals surface area contributed by atoms with Crippen LogP contribution in [0, 0.1) is 26.6 Å². The number of hydrogen-bond acceptors (Lipinski definition) is 8. The van der Waals surface area contributed by atoms with Gasteiger partial charge in [0.05, 0.1) is 11.9 Å². The van der Waals surface area contributed by atoms with E-state index in [-0.39, 0.29) is 18.1 Å². The number of amides is 1. The number of nitrogens with zero attached hydrogens (tertiary/aromatic N) is 6. The predicted molar refractivity (Wildman–Crippen MR) is 140 cm³/mol. The van der Waals surface area contributed by atoms with Gasteiger partial charge in [-0.05, 0) is 50.6 Å². The summed E-state index contributed by atoms with van der Waals surface area (Å²) in [5, 5.41) is 5.99. The Balaban J connectivity index is 1.23. The molecule has 10 nitrogen and oxygen atoms in total. The van der Waals surface area contributed by atoms with E-state index in [1.807, 2.05) is 26.0 Å². The van der Waals surface area contributed by atoms with Crippen LogP contribution in [0.5, 0.6) is 0 Å². The average Bonchev–Trinajstić information content (AvgIpc) is 3.33. The number of carbonyl (C=O) groups excluding carboxylic acids is 1. The van der Waals surface area contributed by atoms with Crippen LogP contribution in [-0.2, 0) is 6.54 Å². The molecule has 5 rings (SSSR count). The fourth-order valence-corrected chi connectivity index (χ4v) is 3.76. The molecule has 11 heteroatoms. The minimum atomic E-state index is -0.419. The molecule has 5 aromatic rings. The second kappa shape index (κ2) is 10.5. The van der Waals surface area contributed by atoms with E-state index in [2.05, 4.69) is 45.5 Å². The van der Waals surface area contributed by atoms with Crippen LogP contribution in [0.15, 0.2) is 61.2 Å². The summed E-state index contributed by atoms with van der Waals surface area (Å²) in [5.41, 5.74) is 4.42. The van der Waals surface area contributed by atoms with Crippen molar-refractivity contribution in [3.05, 3.63) is 95.5 Å². The van der Waals surface area contributed by atoms with Crippen molar-refractivity contribution in [3.63, 3.8) is 0 Å². The lowest BCUT2D eigenvalue weighted by molar-refractivity contribution is 0.0946. The first-order chi connectivity index (χ1) is 18.3. The molecule has 0 unspecified atom stereocenters. The van der Waals surface area contributed by atoms with Gasteiger partial charge in [-0.2, -0.15) is 0 Å². The Morgan fingerprint density at radius 3 is 2.50 bits per heavy atom. The smallest absolute Gasteiger partial charge is 0.270 e. The Bertz CT molecular complexity index is 1600. The molecule has 0 aliphatic rings. The fraction of sp³-hybridized carbons (Fsp3) is 0.148. The largest absolute Gasteiger partial charge is 0.347 e. The highest BCUT2D eigenvalue weighted by molar-refractivity contribution is 5.92. The molecule has 190 valence electrons. The highest BCUT2D eigenvalue weighted by Crippen LogP contribution is 2.22. The summed E-state index contributed by atoms with van der Waals surface area (Å²) in [4.78, 5) is 41.8. The zero-order chi connectivity index (χ0) is 26.6. The van der Waals surface area contributed by atoms with Gasteiger partial charge in [0.1, 0.15) is 29.0 Å². The monoisotopic (exact) mass is 509 g/mol. The van der Waals surface area contributed by atoms with Gasteiger partial charge < -0.3 is 15.6 Å². The molecule has 0 saturated heterocycles.